The van der Waals surface area contributed by atoms with Gasteiger partial charge in [0.2, 0.25) is 10.9 Å². The molecule has 3 nitrogen and oxygen atoms in total. The molecule has 1 rings (SSSR count). The molecule has 0 radical (unpaired) electrons. The molecule has 1 aliphatic rings. The molecule has 54 valence electrons. The first-order valence-electron chi connectivity index (χ1n) is 3.05. The van der Waals surface area contributed by atoms with Crippen molar-refractivity contribution in [3.05, 3.63) is 0 Å². The summed E-state index contributed by atoms with van der Waals surface area (Å²) in [5, 5.41) is 0. The van der Waals surface area contributed by atoms with Crippen molar-refractivity contribution in [2.45, 2.75) is 31.7 Å². The first kappa shape index (κ1) is 7.02. The second-order valence-electron chi connectivity index (χ2n) is 2.78. The molecule has 0 bridgehead atoms. The van der Waals surface area contributed by atoms with Crippen LogP contribution in [-0.2, 0) is 10.9 Å². The smallest absolute Gasteiger partial charge is 0.201 e. The molecule has 0 aromatic heterocycles. The highest BCUT2D eigenvalue weighted by Gasteiger charge is 2.31. The van der Waals surface area contributed by atoms with Crippen LogP contribution in [0.15, 0.2) is 0 Å². The Morgan fingerprint density at radius 1 is 1.44 bits per heavy atom. The third-order valence-electron chi connectivity index (χ3n) is 1.82. The monoisotopic (exact) mass is 149 g/mol. The van der Waals surface area contributed by atoms with Crippen molar-refractivity contribution < 1.29 is 8.42 Å². The Hall–Kier alpha value is -0.0900. The van der Waals surface area contributed by atoms with E-state index in [1.54, 1.807) is 0 Å². The highest BCUT2D eigenvalue weighted by molar-refractivity contribution is 7.70. The summed E-state index contributed by atoms with van der Waals surface area (Å²) >= 11 is 0. The highest BCUT2D eigenvalue weighted by atomic mass is 32.2. The number of nitrogens with one attached hydrogen (secondary N) is 1. The second-order valence-corrected chi connectivity index (χ2v) is 3.52. The van der Waals surface area contributed by atoms with E-state index in [1.807, 2.05) is 6.92 Å². The fourth-order valence-electron chi connectivity index (χ4n) is 1.04. The summed E-state index contributed by atoms with van der Waals surface area (Å²) in [6, 6.07) is 0. The molecule has 0 spiro atoms. The minimum absolute atomic E-state index is 0.102. The predicted octanol–water partition coefficient (Wildman–Crippen LogP) is 0.0450. The zero-order chi connectivity index (χ0) is 6.91. The molecule has 9 heavy (non-hydrogen) atoms. The van der Waals surface area contributed by atoms with Crippen molar-refractivity contribution in [1.29, 1.82) is 0 Å². The molecule has 0 aromatic carbocycles. The maximum atomic E-state index is 10.1. The SMILES string of the molecule is CC1(N[SH](=O)=O)CCC1. The van der Waals surface area contributed by atoms with Crippen LogP contribution in [0.4, 0.5) is 0 Å². The Morgan fingerprint density at radius 2 is 2.00 bits per heavy atom. The van der Waals surface area contributed by atoms with E-state index in [0.29, 0.717) is 0 Å². The van der Waals surface area contributed by atoms with Crippen LogP contribution in [0.3, 0.4) is 0 Å². The van der Waals surface area contributed by atoms with Crippen LogP contribution < -0.4 is 4.72 Å². The third-order valence-corrected chi connectivity index (χ3v) is 2.54. The molecule has 1 fully saturated rings. The first-order valence-corrected chi connectivity index (χ1v) is 4.22. The summed E-state index contributed by atoms with van der Waals surface area (Å²) in [4.78, 5) is 0. The normalized spacial score (nSPS) is 23.8. The standard InChI is InChI=1S/C5H11NO2S/c1-5(3-2-4-5)6-9(7)8/h9H,2-4H2,1H3,(H,6,7,8). The van der Waals surface area contributed by atoms with Gasteiger partial charge < -0.3 is 0 Å². The van der Waals surface area contributed by atoms with Crippen molar-refractivity contribution in [1.82, 2.24) is 4.72 Å². The Kier molecular flexibility index (Phi) is 1.77. The van der Waals surface area contributed by atoms with Gasteiger partial charge in [0.25, 0.3) is 0 Å². The topological polar surface area (TPSA) is 46.2 Å². The first-order chi connectivity index (χ1) is 4.12. The maximum absolute atomic E-state index is 10.1. The summed E-state index contributed by atoms with van der Waals surface area (Å²) in [5.74, 6) is 0. The molecule has 1 N–H and O–H groups in total. The lowest BCUT2D eigenvalue weighted by molar-refractivity contribution is 0.250. The molecule has 0 atom stereocenters. The lowest BCUT2D eigenvalue weighted by Crippen LogP contribution is -2.47. The largest absolute Gasteiger partial charge is 0.215 e. The molecule has 4 heteroatoms. The van der Waals surface area contributed by atoms with Gasteiger partial charge >= 0.3 is 0 Å². The molecule has 0 unspecified atom stereocenters. The van der Waals surface area contributed by atoms with Crippen molar-refractivity contribution in [3.63, 3.8) is 0 Å². The third kappa shape index (κ3) is 1.66. The Bertz CT molecular complexity index is 164. The Morgan fingerprint density at radius 3 is 2.11 bits per heavy atom. The van der Waals surface area contributed by atoms with Crippen molar-refractivity contribution >= 4 is 10.9 Å². The van der Waals surface area contributed by atoms with E-state index in [1.165, 1.54) is 0 Å². The molecule has 1 saturated carbocycles. The second kappa shape index (κ2) is 2.27. The molecular formula is C5H11NO2S. The maximum Gasteiger partial charge on any atom is 0.201 e. The summed E-state index contributed by atoms with van der Waals surface area (Å²) < 4.78 is 22.8. The van der Waals surface area contributed by atoms with Gasteiger partial charge in [-0.3, -0.25) is 0 Å². The van der Waals surface area contributed by atoms with Crippen molar-refractivity contribution in [2.75, 3.05) is 0 Å². The van der Waals surface area contributed by atoms with E-state index in [-0.39, 0.29) is 5.54 Å². The average Bonchev–Trinajstić information content (AvgIpc) is 1.60. The number of thiol groups is 1. The summed E-state index contributed by atoms with van der Waals surface area (Å²) in [6.45, 7) is 1.93. The van der Waals surface area contributed by atoms with E-state index >= 15 is 0 Å². The van der Waals surface area contributed by atoms with Gasteiger partial charge in [0.15, 0.2) is 0 Å². The number of hydrogen-bond acceptors (Lipinski definition) is 2. The van der Waals surface area contributed by atoms with E-state index in [4.69, 9.17) is 0 Å². The van der Waals surface area contributed by atoms with Gasteiger partial charge in [-0.15, -0.1) is 0 Å². The molecule has 1 aliphatic carbocycles. The molecule has 0 saturated heterocycles. The van der Waals surface area contributed by atoms with Gasteiger partial charge in [0.1, 0.15) is 0 Å². The average molecular weight is 149 g/mol. The fourth-order valence-corrected chi connectivity index (χ4v) is 1.70. The van der Waals surface area contributed by atoms with Crippen LogP contribution in [0.5, 0.6) is 0 Å². The Labute approximate surface area is 56.5 Å². The quantitative estimate of drug-likeness (QED) is 0.545. The van der Waals surface area contributed by atoms with E-state index in [2.05, 4.69) is 4.72 Å². The van der Waals surface area contributed by atoms with Gasteiger partial charge in [-0.05, 0) is 26.2 Å². The lowest BCUT2D eigenvalue weighted by Gasteiger charge is -2.36. The van der Waals surface area contributed by atoms with Crippen LogP contribution in [0.1, 0.15) is 26.2 Å². The Balaban J connectivity index is 2.42. The van der Waals surface area contributed by atoms with Gasteiger partial charge in [-0.25, -0.2) is 13.1 Å². The molecule has 0 aliphatic heterocycles. The number of hydrogen-bond donors (Lipinski definition) is 2. The van der Waals surface area contributed by atoms with E-state index in [9.17, 15) is 8.42 Å². The number of rotatable bonds is 2. The molecule has 0 amide bonds. The van der Waals surface area contributed by atoms with Gasteiger partial charge in [-0.1, -0.05) is 0 Å². The molecule has 0 heterocycles. The van der Waals surface area contributed by atoms with Crippen LogP contribution >= 0.6 is 0 Å². The van der Waals surface area contributed by atoms with Crippen LogP contribution in [0.2, 0.25) is 0 Å². The van der Waals surface area contributed by atoms with Gasteiger partial charge in [0.05, 0.1) is 0 Å². The zero-order valence-electron chi connectivity index (χ0n) is 5.39. The molecule has 0 aromatic rings. The summed E-state index contributed by atoms with van der Waals surface area (Å²) in [6.07, 6.45) is 3.11. The minimum Gasteiger partial charge on any atom is -0.215 e. The van der Waals surface area contributed by atoms with Crippen molar-refractivity contribution in [2.24, 2.45) is 0 Å². The van der Waals surface area contributed by atoms with Crippen molar-refractivity contribution in [3.8, 4) is 0 Å². The highest BCUT2D eigenvalue weighted by Crippen LogP contribution is 2.30. The molecular weight excluding hydrogens is 138 g/mol. The predicted molar refractivity (Wildman–Crippen MR) is 35.7 cm³/mol. The van der Waals surface area contributed by atoms with E-state index < -0.39 is 10.9 Å². The zero-order valence-corrected chi connectivity index (χ0v) is 6.28. The van der Waals surface area contributed by atoms with Crippen LogP contribution in [0.25, 0.3) is 0 Å². The van der Waals surface area contributed by atoms with E-state index in [0.717, 1.165) is 19.3 Å². The summed E-state index contributed by atoms with van der Waals surface area (Å²) in [5.41, 5.74) is -0.102. The lowest BCUT2D eigenvalue weighted by atomic mass is 9.80. The van der Waals surface area contributed by atoms with Gasteiger partial charge in [-0.2, -0.15) is 0 Å². The van der Waals surface area contributed by atoms with Gasteiger partial charge in [0, 0.05) is 5.54 Å². The fraction of sp³-hybridized carbons (Fsp3) is 1.00. The van der Waals surface area contributed by atoms with Crippen LogP contribution in [0, 0.1) is 0 Å². The minimum atomic E-state index is -2.39. The van der Waals surface area contributed by atoms with Crippen LogP contribution in [-0.4, -0.2) is 14.0 Å². The summed E-state index contributed by atoms with van der Waals surface area (Å²) in [7, 11) is -2.39.